The molecule has 0 bridgehead atoms. The summed E-state index contributed by atoms with van der Waals surface area (Å²) in [4.78, 5) is 4.83. The number of aromatic nitrogens is 2. The summed E-state index contributed by atoms with van der Waals surface area (Å²) in [5, 5.41) is 12.5. The first kappa shape index (κ1) is 10.6. The first-order valence-corrected chi connectivity index (χ1v) is 5.36. The summed E-state index contributed by atoms with van der Waals surface area (Å²) in [7, 11) is 0. The van der Waals surface area contributed by atoms with Crippen molar-refractivity contribution in [1.82, 2.24) is 10.1 Å². The van der Waals surface area contributed by atoms with E-state index >= 15 is 0 Å². The van der Waals surface area contributed by atoms with Gasteiger partial charge in [-0.1, -0.05) is 16.8 Å². The van der Waals surface area contributed by atoms with Crippen molar-refractivity contribution in [2.75, 3.05) is 6.61 Å². The third kappa shape index (κ3) is 2.18. The minimum Gasteiger partial charge on any atom is -0.394 e. The van der Waals surface area contributed by atoms with E-state index in [1.165, 1.54) is 11.3 Å². The molecule has 1 unspecified atom stereocenters. The molecule has 2 aromatic heterocycles. The second-order valence-corrected chi connectivity index (χ2v) is 4.57. The molecule has 0 aliphatic heterocycles. The van der Waals surface area contributed by atoms with E-state index in [-0.39, 0.29) is 12.4 Å². The van der Waals surface area contributed by atoms with Crippen LogP contribution in [-0.4, -0.2) is 21.9 Å². The highest BCUT2D eigenvalue weighted by molar-refractivity contribution is 7.19. The van der Waals surface area contributed by atoms with Crippen LogP contribution in [-0.2, 0) is 0 Å². The zero-order chi connectivity index (χ0) is 10.8. The van der Waals surface area contributed by atoms with E-state index in [2.05, 4.69) is 10.1 Å². The van der Waals surface area contributed by atoms with Gasteiger partial charge in [-0.2, -0.15) is 4.98 Å². The van der Waals surface area contributed by atoms with E-state index in [9.17, 15) is 0 Å². The van der Waals surface area contributed by atoms with Crippen molar-refractivity contribution in [1.29, 1.82) is 0 Å². The molecule has 0 aromatic carbocycles. The summed E-state index contributed by atoms with van der Waals surface area (Å²) in [6.45, 7) is -0.218. The number of hydrogen-bond donors (Lipinski definition) is 2. The number of aliphatic hydroxyl groups is 1. The molecule has 7 heteroatoms. The smallest absolute Gasteiger partial charge is 0.268 e. The Bertz CT molecular complexity index is 456. The molecular formula is C8H8ClN3O2S. The third-order valence-corrected chi connectivity index (χ3v) is 2.97. The number of aliphatic hydroxyl groups excluding tert-OH is 1. The molecule has 3 N–H and O–H groups in total. The predicted octanol–water partition coefficient (Wildman–Crippen LogP) is 1.44. The first-order valence-electron chi connectivity index (χ1n) is 4.16. The van der Waals surface area contributed by atoms with Gasteiger partial charge in [0.2, 0.25) is 0 Å². The average molecular weight is 246 g/mol. The lowest BCUT2D eigenvalue weighted by molar-refractivity contribution is 0.260. The molecule has 2 rings (SSSR count). The van der Waals surface area contributed by atoms with Crippen LogP contribution in [0.25, 0.3) is 10.8 Å². The number of rotatable bonds is 3. The summed E-state index contributed by atoms with van der Waals surface area (Å²) in [5.74, 6) is 0.655. The van der Waals surface area contributed by atoms with Crippen LogP contribution in [0.3, 0.4) is 0 Å². The molecule has 0 spiro atoms. The van der Waals surface area contributed by atoms with Gasteiger partial charge in [0, 0.05) is 0 Å². The lowest BCUT2D eigenvalue weighted by atomic mass is 10.3. The minimum atomic E-state index is -0.613. The lowest BCUT2D eigenvalue weighted by Gasteiger charge is -1.98. The Morgan fingerprint density at radius 3 is 3.00 bits per heavy atom. The largest absolute Gasteiger partial charge is 0.394 e. The van der Waals surface area contributed by atoms with Crippen molar-refractivity contribution in [3.63, 3.8) is 0 Å². The Balaban J connectivity index is 2.27. The summed E-state index contributed by atoms with van der Waals surface area (Å²) < 4.78 is 5.64. The Morgan fingerprint density at radius 2 is 2.40 bits per heavy atom. The highest BCUT2D eigenvalue weighted by Gasteiger charge is 2.15. The zero-order valence-corrected chi connectivity index (χ0v) is 9.13. The summed E-state index contributed by atoms with van der Waals surface area (Å²) >= 11 is 7.11. The normalized spacial score (nSPS) is 13.0. The molecule has 0 fully saturated rings. The van der Waals surface area contributed by atoms with Gasteiger partial charge in [-0.05, 0) is 12.1 Å². The number of nitrogens with zero attached hydrogens (tertiary/aromatic N) is 2. The number of nitrogens with two attached hydrogens (primary N) is 1. The van der Waals surface area contributed by atoms with Crippen LogP contribution in [0, 0.1) is 0 Å². The SMILES string of the molecule is NC(CO)c1noc(-c2ccc(Cl)s2)n1. The van der Waals surface area contributed by atoms with Crippen molar-refractivity contribution < 1.29 is 9.63 Å². The van der Waals surface area contributed by atoms with Crippen LogP contribution >= 0.6 is 22.9 Å². The lowest BCUT2D eigenvalue weighted by Crippen LogP contribution is -2.15. The number of halogens is 1. The van der Waals surface area contributed by atoms with Crippen LogP contribution in [0.1, 0.15) is 11.9 Å². The maximum atomic E-state index is 8.81. The van der Waals surface area contributed by atoms with Crippen LogP contribution in [0.4, 0.5) is 0 Å². The molecule has 0 radical (unpaired) electrons. The fraction of sp³-hybridized carbons (Fsp3) is 0.250. The fourth-order valence-corrected chi connectivity index (χ4v) is 1.96. The van der Waals surface area contributed by atoms with Crippen LogP contribution < -0.4 is 5.73 Å². The van der Waals surface area contributed by atoms with Gasteiger partial charge in [-0.25, -0.2) is 0 Å². The van der Waals surface area contributed by atoms with Gasteiger partial charge < -0.3 is 15.4 Å². The van der Waals surface area contributed by atoms with Crippen molar-refractivity contribution >= 4 is 22.9 Å². The predicted molar refractivity (Wildman–Crippen MR) is 56.6 cm³/mol. The Labute approximate surface area is 94.5 Å². The maximum Gasteiger partial charge on any atom is 0.268 e. The van der Waals surface area contributed by atoms with E-state index in [4.69, 9.17) is 27.0 Å². The van der Waals surface area contributed by atoms with Gasteiger partial charge in [0.1, 0.15) is 0 Å². The molecule has 2 heterocycles. The molecular weight excluding hydrogens is 238 g/mol. The minimum absolute atomic E-state index is 0.218. The van der Waals surface area contributed by atoms with Gasteiger partial charge in [0.05, 0.1) is 21.9 Å². The molecule has 0 amide bonds. The molecule has 15 heavy (non-hydrogen) atoms. The number of thiophene rings is 1. The molecule has 0 aliphatic carbocycles. The maximum absolute atomic E-state index is 8.81. The van der Waals surface area contributed by atoms with E-state index in [0.717, 1.165) is 4.88 Å². The van der Waals surface area contributed by atoms with Crippen molar-refractivity contribution in [2.24, 2.45) is 5.73 Å². The molecule has 0 aliphatic rings. The van der Waals surface area contributed by atoms with E-state index < -0.39 is 6.04 Å². The monoisotopic (exact) mass is 245 g/mol. The van der Waals surface area contributed by atoms with E-state index in [1.807, 2.05) is 0 Å². The second kappa shape index (κ2) is 4.28. The van der Waals surface area contributed by atoms with Gasteiger partial charge in [0.25, 0.3) is 5.89 Å². The molecule has 1 atom stereocenters. The van der Waals surface area contributed by atoms with Crippen molar-refractivity contribution in [2.45, 2.75) is 6.04 Å². The summed E-state index contributed by atoms with van der Waals surface area (Å²) in [6, 6.07) is 2.92. The molecule has 5 nitrogen and oxygen atoms in total. The van der Waals surface area contributed by atoms with E-state index in [0.29, 0.717) is 10.2 Å². The standard InChI is InChI=1S/C8H8ClN3O2S/c9-6-2-1-5(15-6)8-11-7(12-14-8)4(10)3-13/h1-2,4,13H,3,10H2. The van der Waals surface area contributed by atoms with Crippen molar-refractivity contribution in [3.05, 3.63) is 22.3 Å². The average Bonchev–Trinajstić information content (AvgIpc) is 2.84. The van der Waals surface area contributed by atoms with E-state index in [1.54, 1.807) is 12.1 Å². The van der Waals surface area contributed by atoms with Gasteiger partial charge in [0.15, 0.2) is 5.82 Å². The van der Waals surface area contributed by atoms with Crippen molar-refractivity contribution in [3.8, 4) is 10.8 Å². The zero-order valence-electron chi connectivity index (χ0n) is 7.55. The summed E-state index contributed by atoms with van der Waals surface area (Å²) in [5.41, 5.74) is 5.53. The first-order chi connectivity index (χ1) is 7.20. The van der Waals surface area contributed by atoms with Gasteiger partial charge >= 0.3 is 0 Å². The molecule has 0 saturated carbocycles. The summed E-state index contributed by atoms with van der Waals surface area (Å²) in [6.07, 6.45) is 0. The topological polar surface area (TPSA) is 85.2 Å². The quantitative estimate of drug-likeness (QED) is 0.855. The molecule has 2 aromatic rings. The second-order valence-electron chi connectivity index (χ2n) is 2.85. The molecule has 80 valence electrons. The van der Waals surface area contributed by atoms with Crippen LogP contribution in [0.5, 0.6) is 0 Å². The highest BCUT2D eigenvalue weighted by atomic mass is 35.5. The van der Waals surface area contributed by atoms with Gasteiger partial charge in [-0.15, -0.1) is 11.3 Å². The third-order valence-electron chi connectivity index (χ3n) is 1.75. The number of hydrogen-bond acceptors (Lipinski definition) is 6. The van der Waals surface area contributed by atoms with Crippen LogP contribution in [0.2, 0.25) is 4.34 Å². The Hall–Kier alpha value is -0.950. The Morgan fingerprint density at radius 1 is 1.60 bits per heavy atom. The Kier molecular flexibility index (Phi) is 3.01. The molecule has 0 saturated heterocycles. The van der Waals surface area contributed by atoms with Crippen LogP contribution in [0.15, 0.2) is 16.7 Å². The fourth-order valence-electron chi connectivity index (χ4n) is 0.996. The van der Waals surface area contributed by atoms with Gasteiger partial charge in [-0.3, -0.25) is 0 Å². The highest BCUT2D eigenvalue weighted by Crippen LogP contribution is 2.29.